The maximum atomic E-state index is 11.7. The normalized spacial score (nSPS) is 10.0. The van der Waals surface area contributed by atoms with Crippen LogP contribution in [0, 0.1) is 10.1 Å². The highest BCUT2D eigenvalue weighted by molar-refractivity contribution is 6.00. The lowest BCUT2D eigenvalue weighted by atomic mass is 10.1. The van der Waals surface area contributed by atoms with E-state index in [4.69, 9.17) is 9.84 Å². The van der Waals surface area contributed by atoms with Gasteiger partial charge in [0.1, 0.15) is 6.61 Å². The number of carboxylic acids is 1. The first-order chi connectivity index (χ1) is 11.4. The Morgan fingerprint density at radius 2 is 1.88 bits per heavy atom. The molecule has 0 fully saturated rings. The third-order valence-electron chi connectivity index (χ3n) is 2.99. The minimum absolute atomic E-state index is 0.0476. The number of carbonyl (C=O) groups is 2. The minimum atomic E-state index is -1.50. The molecule has 2 aromatic carbocycles. The second-order valence-electron chi connectivity index (χ2n) is 4.64. The van der Waals surface area contributed by atoms with Crippen LogP contribution >= 0.6 is 0 Å². The summed E-state index contributed by atoms with van der Waals surface area (Å²) in [5.74, 6) is -2.28. The van der Waals surface area contributed by atoms with Crippen LogP contribution in [0.25, 0.3) is 0 Å². The number of carboxylic acid groups (broad SMARTS) is 1. The molecule has 3 N–H and O–H groups in total. The van der Waals surface area contributed by atoms with Crippen molar-refractivity contribution in [3.8, 4) is 5.75 Å². The van der Waals surface area contributed by atoms with Crippen molar-refractivity contribution < 1.29 is 29.5 Å². The van der Waals surface area contributed by atoms with E-state index < -0.39 is 34.0 Å². The van der Waals surface area contributed by atoms with Crippen molar-refractivity contribution >= 4 is 23.4 Å². The lowest BCUT2D eigenvalue weighted by molar-refractivity contribution is -0.385. The summed E-state index contributed by atoms with van der Waals surface area (Å²) in [4.78, 5) is 32.7. The summed E-state index contributed by atoms with van der Waals surface area (Å²) in [5.41, 5.74) is -0.923. The Labute approximate surface area is 135 Å². The van der Waals surface area contributed by atoms with Crippen molar-refractivity contribution in [3.63, 3.8) is 0 Å². The Kier molecular flexibility index (Phi) is 4.95. The molecule has 0 unspecified atom stereocenters. The zero-order chi connectivity index (χ0) is 17.7. The molecule has 0 aliphatic rings. The number of benzene rings is 2. The van der Waals surface area contributed by atoms with Gasteiger partial charge in [0.2, 0.25) is 0 Å². The first-order valence-electron chi connectivity index (χ1n) is 6.61. The van der Waals surface area contributed by atoms with Gasteiger partial charge in [-0.25, -0.2) is 9.59 Å². The maximum absolute atomic E-state index is 11.7. The van der Waals surface area contributed by atoms with Crippen LogP contribution in [0.15, 0.2) is 42.5 Å². The van der Waals surface area contributed by atoms with Gasteiger partial charge >= 0.3 is 17.7 Å². The average molecular weight is 332 g/mol. The molecule has 24 heavy (non-hydrogen) atoms. The zero-order valence-corrected chi connectivity index (χ0v) is 12.1. The lowest BCUT2D eigenvalue weighted by Crippen LogP contribution is -2.16. The molecule has 0 aliphatic heterocycles. The van der Waals surface area contributed by atoms with Gasteiger partial charge in [-0.05, 0) is 5.56 Å². The Balaban J connectivity index is 2.16. The van der Waals surface area contributed by atoms with E-state index in [2.05, 4.69) is 5.32 Å². The number of aromatic hydroxyl groups is 1. The largest absolute Gasteiger partial charge is 0.502 e. The molecule has 0 bridgehead atoms. The minimum Gasteiger partial charge on any atom is -0.502 e. The molecule has 0 spiro atoms. The van der Waals surface area contributed by atoms with Gasteiger partial charge in [0.15, 0.2) is 5.75 Å². The van der Waals surface area contributed by atoms with E-state index in [1.807, 2.05) is 0 Å². The molecule has 0 aliphatic carbocycles. The number of rotatable bonds is 5. The van der Waals surface area contributed by atoms with Gasteiger partial charge < -0.3 is 14.9 Å². The van der Waals surface area contributed by atoms with Crippen molar-refractivity contribution in [2.45, 2.75) is 6.61 Å². The number of ether oxygens (including phenoxy) is 1. The van der Waals surface area contributed by atoms with Gasteiger partial charge in [-0.15, -0.1) is 0 Å². The number of amides is 1. The van der Waals surface area contributed by atoms with Crippen molar-refractivity contribution in [1.29, 1.82) is 0 Å². The molecule has 0 saturated heterocycles. The fourth-order valence-corrected chi connectivity index (χ4v) is 1.87. The highest BCUT2D eigenvalue weighted by Crippen LogP contribution is 2.32. The fourth-order valence-electron chi connectivity index (χ4n) is 1.87. The standard InChI is InChI=1S/C15H12N2O7/c18-13-7-11(10(14(19)20)6-12(13)17(22)23)16-15(21)24-8-9-4-2-1-3-5-9/h1-7,18H,8H2,(H,16,21)(H,19,20). The van der Waals surface area contributed by atoms with Gasteiger partial charge in [-0.3, -0.25) is 15.4 Å². The van der Waals surface area contributed by atoms with E-state index in [0.29, 0.717) is 6.07 Å². The molecule has 0 heterocycles. The smallest absolute Gasteiger partial charge is 0.411 e. The van der Waals surface area contributed by atoms with Crippen LogP contribution in [0.3, 0.4) is 0 Å². The number of hydrogen-bond acceptors (Lipinski definition) is 6. The summed E-state index contributed by atoms with van der Waals surface area (Å²) >= 11 is 0. The molecule has 1 amide bonds. The second-order valence-corrected chi connectivity index (χ2v) is 4.64. The molecular formula is C15H12N2O7. The van der Waals surface area contributed by atoms with Crippen molar-refractivity contribution in [2.24, 2.45) is 0 Å². The number of phenols is 1. The monoisotopic (exact) mass is 332 g/mol. The van der Waals surface area contributed by atoms with E-state index >= 15 is 0 Å². The van der Waals surface area contributed by atoms with E-state index in [1.54, 1.807) is 30.3 Å². The summed E-state index contributed by atoms with van der Waals surface area (Å²) in [7, 11) is 0. The highest BCUT2D eigenvalue weighted by atomic mass is 16.6. The highest BCUT2D eigenvalue weighted by Gasteiger charge is 2.22. The first-order valence-corrected chi connectivity index (χ1v) is 6.61. The van der Waals surface area contributed by atoms with E-state index in [-0.39, 0.29) is 12.3 Å². The third kappa shape index (κ3) is 3.97. The third-order valence-corrected chi connectivity index (χ3v) is 2.99. The first kappa shape index (κ1) is 16.7. The van der Waals surface area contributed by atoms with Gasteiger partial charge in [-0.1, -0.05) is 30.3 Å². The van der Waals surface area contributed by atoms with Crippen LogP contribution in [-0.2, 0) is 11.3 Å². The summed E-state index contributed by atoms with van der Waals surface area (Å²) in [6, 6.07) is 10.2. The Morgan fingerprint density at radius 3 is 2.46 bits per heavy atom. The summed E-state index contributed by atoms with van der Waals surface area (Å²) in [6.45, 7) is -0.0476. The van der Waals surface area contributed by atoms with E-state index in [1.165, 1.54) is 0 Å². The van der Waals surface area contributed by atoms with Crippen LogP contribution < -0.4 is 5.32 Å². The van der Waals surface area contributed by atoms with Crippen LogP contribution in [-0.4, -0.2) is 27.2 Å². The molecule has 9 nitrogen and oxygen atoms in total. The fraction of sp³-hybridized carbons (Fsp3) is 0.0667. The van der Waals surface area contributed by atoms with Crippen molar-refractivity contribution in [1.82, 2.24) is 0 Å². The van der Waals surface area contributed by atoms with Gasteiger partial charge in [0.25, 0.3) is 0 Å². The number of aromatic carboxylic acids is 1. The summed E-state index contributed by atoms with van der Waals surface area (Å²) in [6.07, 6.45) is -0.963. The number of carbonyl (C=O) groups excluding carboxylic acids is 1. The second kappa shape index (κ2) is 7.09. The SMILES string of the molecule is O=C(Nc1cc(O)c([N+](=O)[O-])cc1C(=O)O)OCc1ccccc1. The molecule has 9 heteroatoms. The van der Waals surface area contributed by atoms with Crippen LogP contribution in [0.4, 0.5) is 16.2 Å². The van der Waals surface area contributed by atoms with Crippen molar-refractivity contribution in [3.05, 3.63) is 63.7 Å². The number of phenolic OH excluding ortho intramolecular Hbond substituents is 1. The number of nitro groups is 1. The van der Waals surface area contributed by atoms with E-state index in [9.17, 15) is 24.8 Å². The number of hydrogen-bond donors (Lipinski definition) is 3. The zero-order valence-electron chi connectivity index (χ0n) is 12.1. The van der Waals surface area contributed by atoms with Gasteiger partial charge in [0, 0.05) is 12.1 Å². The summed E-state index contributed by atoms with van der Waals surface area (Å²) in [5, 5.41) is 31.5. The quantitative estimate of drug-likeness (QED) is 0.565. The predicted octanol–water partition coefficient (Wildman–Crippen LogP) is 2.75. The van der Waals surface area contributed by atoms with Gasteiger partial charge in [0.05, 0.1) is 16.2 Å². The van der Waals surface area contributed by atoms with Crippen LogP contribution in [0.1, 0.15) is 15.9 Å². The molecule has 2 aromatic rings. The Hall–Kier alpha value is -3.62. The lowest BCUT2D eigenvalue weighted by Gasteiger charge is -2.10. The van der Waals surface area contributed by atoms with Gasteiger partial charge in [-0.2, -0.15) is 0 Å². The molecular weight excluding hydrogens is 320 g/mol. The maximum Gasteiger partial charge on any atom is 0.411 e. The van der Waals surface area contributed by atoms with Crippen LogP contribution in [0.2, 0.25) is 0 Å². The Morgan fingerprint density at radius 1 is 1.21 bits per heavy atom. The molecule has 0 aromatic heterocycles. The molecule has 0 atom stereocenters. The molecule has 0 radical (unpaired) electrons. The van der Waals surface area contributed by atoms with E-state index in [0.717, 1.165) is 11.6 Å². The molecule has 124 valence electrons. The Bertz CT molecular complexity index is 790. The average Bonchev–Trinajstić information content (AvgIpc) is 2.53. The van der Waals surface area contributed by atoms with Crippen molar-refractivity contribution in [2.75, 3.05) is 5.32 Å². The molecule has 0 saturated carbocycles. The summed E-state index contributed by atoms with van der Waals surface area (Å²) < 4.78 is 4.93. The topological polar surface area (TPSA) is 139 Å². The number of nitrogens with one attached hydrogen (secondary N) is 1. The van der Waals surface area contributed by atoms with Crippen LogP contribution in [0.5, 0.6) is 5.75 Å². The molecule has 2 rings (SSSR count). The number of nitrogens with zero attached hydrogens (tertiary/aromatic N) is 1. The predicted molar refractivity (Wildman–Crippen MR) is 82.0 cm³/mol. The number of nitro benzene ring substituents is 1. The number of anilines is 1.